The second kappa shape index (κ2) is 6.76. The Kier molecular flexibility index (Phi) is 4.52. The predicted octanol–water partition coefficient (Wildman–Crippen LogP) is 2.93. The number of carbonyl (C=O) groups is 1. The number of carbonyl (C=O) groups excluding carboxylic acids is 1. The molecular weight excluding hydrogens is 307 g/mol. The molecule has 0 N–H and O–H groups in total. The number of halogens is 1. The minimum absolute atomic E-state index is 0.0963. The third-order valence-corrected chi connectivity index (χ3v) is 4.09. The molecule has 0 bridgehead atoms. The zero-order valence-electron chi connectivity index (χ0n) is 13.0. The Morgan fingerprint density at radius 3 is 2.50 bits per heavy atom. The van der Waals surface area contributed by atoms with E-state index < -0.39 is 17.4 Å². The second-order valence-corrected chi connectivity index (χ2v) is 5.85. The molecule has 0 unspecified atom stereocenters. The second-order valence-electron chi connectivity index (χ2n) is 5.85. The Morgan fingerprint density at radius 1 is 1.12 bits per heavy atom. The third kappa shape index (κ3) is 3.57. The number of benzene rings is 2. The van der Waals surface area contributed by atoms with Gasteiger partial charge in [0, 0.05) is 11.1 Å². The van der Waals surface area contributed by atoms with E-state index in [4.69, 9.17) is 4.74 Å². The van der Waals surface area contributed by atoms with Crippen LogP contribution in [0.15, 0.2) is 48.5 Å². The van der Waals surface area contributed by atoms with Gasteiger partial charge in [-0.1, -0.05) is 30.0 Å². The Morgan fingerprint density at radius 2 is 1.83 bits per heavy atom. The summed E-state index contributed by atoms with van der Waals surface area (Å²) >= 11 is 0. The largest absolute Gasteiger partial charge is 0.545 e. The topological polar surface area (TPSA) is 49.4 Å². The van der Waals surface area contributed by atoms with Crippen LogP contribution >= 0.6 is 0 Å². The summed E-state index contributed by atoms with van der Waals surface area (Å²) in [5.74, 6) is 4.15. The normalized spacial score (nSPS) is 15.4. The summed E-state index contributed by atoms with van der Waals surface area (Å²) in [5.41, 5.74) is -0.0479. The first kappa shape index (κ1) is 16.1. The van der Waals surface area contributed by atoms with Crippen LogP contribution in [0.2, 0.25) is 0 Å². The molecule has 0 radical (unpaired) electrons. The number of ether oxygens (including phenoxy) is 1. The van der Waals surface area contributed by atoms with E-state index in [1.54, 1.807) is 0 Å². The molecule has 1 saturated carbocycles. The van der Waals surface area contributed by atoms with Gasteiger partial charge in [0.2, 0.25) is 0 Å². The van der Waals surface area contributed by atoms with E-state index in [1.165, 1.54) is 0 Å². The maximum atomic E-state index is 14.0. The van der Waals surface area contributed by atoms with Crippen LogP contribution in [0.1, 0.15) is 41.6 Å². The van der Waals surface area contributed by atoms with Gasteiger partial charge in [0.25, 0.3) is 0 Å². The van der Waals surface area contributed by atoms with Gasteiger partial charge in [-0.05, 0) is 56.0 Å². The molecule has 0 amide bonds. The molecule has 2 aromatic rings. The summed E-state index contributed by atoms with van der Waals surface area (Å²) in [6, 6.07) is 12.9. The molecule has 24 heavy (non-hydrogen) atoms. The van der Waals surface area contributed by atoms with Gasteiger partial charge in [0.05, 0.1) is 5.97 Å². The van der Waals surface area contributed by atoms with Crippen LogP contribution in [-0.2, 0) is 0 Å². The summed E-state index contributed by atoms with van der Waals surface area (Å²) in [6.45, 7) is 0. The maximum Gasteiger partial charge on any atom is 0.169 e. The SMILES string of the molecule is O=C([O-])c1ccc(F)c(OC2(C#Cc3ccccc3)CCCC2)c1. The van der Waals surface area contributed by atoms with Crippen LogP contribution in [0.25, 0.3) is 0 Å². The predicted molar refractivity (Wildman–Crippen MR) is 85.9 cm³/mol. The molecule has 0 saturated heterocycles. The first-order valence-corrected chi connectivity index (χ1v) is 7.86. The average Bonchev–Trinajstić information content (AvgIpc) is 3.05. The zero-order valence-corrected chi connectivity index (χ0v) is 13.0. The standard InChI is InChI=1S/C20H17FO3/c21-17-9-8-16(19(22)23)14-18(17)24-20(11-4-5-12-20)13-10-15-6-2-1-3-7-15/h1-3,6-9,14H,4-5,11-12H2,(H,22,23)/p-1. The van der Waals surface area contributed by atoms with Crippen molar-refractivity contribution < 1.29 is 19.0 Å². The molecule has 0 spiro atoms. The number of hydrogen-bond acceptors (Lipinski definition) is 3. The van der Waals surface area contributed by atoms with Crippen molar-refractivity contribution in [2.75, 3.05) is 0 Å². The van der Waals surface area contributed by atoms with Gasteiger partial charge >= 0.3 is 0 Å². The molecule has 4 heteroatoms. The summed E-state index contributed by atoms with van der Waals surface area (Å²) in [6.07, 6.45) is 3.24. The van der Waals surface area contributed by atoms with Crippen molar-refractivity contribution >= 4 is 5.97 Å². The fraction of sp³-hybridized carbons (Fsp3) is 0.250. The Labute approximate surface area is 140 Å². The van der Waals surface area contributed by atoms with Crippen LogP contribution in [0.4, 0.5) is 4.39 Å². The van der Waals surface area contributed by atoms with Crippen LogP contribution in [-0.4, -0.2) is 11.6 Å². The molecule has 2 aromatic carbocycles. The van der Waals surface area contributed by atoms with E-state index in [0.717, 1.165) is 36.6 Å². The molecule has 0 aromatic heterocycles. The minimum Gasteiger partial charge on any atom is -0.545 e. The molecule has 1 fully saturated rings. The lowest BCUT2D eigenvalue weighted by molar-refractivity contribution is -0.255. The highest BCUT2D eigenvalue weighted by molar-refractivity contribution is 5.86. The van der Waals surface area contributed by atoms with Crippen LogP contribution < -0.4 is 9.84 Å². The van der Waals surface area contributed by atoms with Crippen molar-refractivity contribution in [1.82, 2.24) is 0 Å². The number of carboxylic acids is 1. The lowest BCUT2D eigenvalue weighted by atomic mass is 10.0. The lowest BCUT2D eigenvalue weighted by Gasteiger charge is -2.25. The Bertz CT molecular complexity index is 797. The highest BCUT2D eigenvalue weighted by atomic mass is 19.1. The third-order valence-electron chi connectivity index (χ3n) is 4.09. The first-order chi connectivity index (χ1) is 11.6. The number of carboxylic acid groups (broad SMARTS) is 1. The van der Waals surface area contributed by atoms with Gasteiger partial charge in [0.15, 0.2) is 17.2 Å². The van der Waals surface area contributed by atoms with E-state index >= 15 is 0 Å². The van der Waals surface area contributed by atoms with Crippen molar-refractivity contribution in [1.29, 1.82) is 0 Å². The molecule has 1 aliphatic carbocycles. The fourth-order valence-corrected chi connectivity index (χ4v) is 2.83. The van der Waals surface area contributed by atoms with Crippen LogP contribution in [0.5, 0.6) is 5.75 Å². The summed E-state index contributed by atoms with van der Waals surface area (Å²) < 4.78 is 19.9. The Hall–Kier alpha value is -2.80. The van der Waals surface area contributed by atoms with E-state index in [-0.39, 0.29) is 11.3 Å². The van der Waals surface area contributed by atoms with Crippen molar-refractivity contribution in [3.05, 3.63) is 65.5 Å². The zero-order chi connectivity index (χ0) is 17.0. The molecule has 0 aliphatic heterocycles. The Balaban J connectivity index is 1.91. The highest BCUT2D eigenvalue weighted by Crippen LogP contribution is 2.35. The van der Waals surface area contributed by atoms with Crippen molar-refractivity contribution in [3.63, 3.8) is 0 Å². The van der Waals surface area contributed by atoms with E-state index in [2.05, 4.69) is 11.8 Å². The van der Waals surface area contributed by atoms with Crippen LogP contribution in [0.3, 0.4) is 0 Å². The monoisotopic (exact) mass is 323 g/mol. The molecule has 3 rings (SSSR count). The number of hydrogen-bond donors (Lipinski definition) is 0. The summed E-state index contributed by atoms with van der Waals surface area (Å²) in [4.78, 5) is 11.0. The van der Waals surface area contributed by atoms with Crippen molar-refractivity contribution in [3.8, 4) is 17.6 Å². The van der Waals surface area contributed by atoms with Gasteiger partial charge in [0.1, 0.15) is 0 Å². The van der Waals surface area contributed by atoms with Gasteiger partial charge in [-0.15, -0.1) is 0 Å². The first-order valence-electron chi connectivity index (χ1n) is 7.86. The molecular formula is C20H16FO3-. The summed E-state index contributed by atoms with van der Waals surface area (Å²) in [7, 11) is 0. The molecule has 1 aliphatic rings. The van der Waals surface area contributed by atoms with E-state index in [1.807, 2.05) is 30.3 Å². The van der Waals surface area contributed by atoms with Gasteiger partial charge in [-0.3, -0.25) is 0 Å². The number of rotatable bonds is 3. The average molecular weight is 323 g/mol. The number of aromatic carboxylic acids is 1. The smallest absolute Gasteiger partial charge is 0.169 e. The van der Waals surface area contributed by atoms with Crippen molar-refractivity contribution in [2.24, 2.45) is 0 Å². The molecule has 122 valence electrons. The van der Waals surface area contributed by atoms with Gasteiger partial charge in [-0.2, -0.15) is 0 Å². The van der Waals surface area contributed by atoms with Gasteiger partial charge < -0.3 is 14.6 Å². The van der Waals surface area contributed by atoms with E-state index in [9.17, 15) is 14.3 Å². The fourth-order valence-electron chi connectivity index (χ4n) is 2.83. The van der Waals surface area contributed by atoms with E-state index in [0.29, 0.717) is 12.8 Å². The minimum atomic E-state index is -1.37. The van der Waals surface area contributed by atoms with Crippen molar-refractivity contribution in [2.45, 2.75) is 31.3 Å². The lowest BCUT2D eigenvalue weighted by Crippen LogP contribution is -2.31. The quantitative estimate of drug-likeness (QED) is 0.816. The molecule has 0 heterocycles. The maximum absolute atomic E-state index is 14.0. The molecule has 0 atom stereocenters. The summed E-state index contributed by atoms with van der Waals surface area (Å²) in [5, 5.41) is 11.0. The molecule has 3 nitrogen and oxygen atoms in total. The van der Waals surface area contributed by atoms with Crippen LogP contribution in [0, 0.1) is 17.7 Å². The van der Waals surface area contributed by atoms with Gasteiger partial charge in [-0.25, -0.2) is 4.39 Å². The highest BCUT2D eigenvalue weighted by Gasteiger charge is 2.35.